The van der Waals surface area contributed by atoms with Crippen LogP contribution in [0.1, 0.15) is 41.6 Å². The van der Waals surface area contributed by atoms with Crippen LogP contribution in [-0.4, -0.2) is 32.3 Å². The number of hydrogen-bond donors (Lipinski definition) is 0. The van der Waals surface area contributed by atoms with Crippen LogP contribution in [0.4, 0.5) is 4.39 Å². The minimum absolute atomic E-state index is 0.214. The Bertz CT molecular complexity index is 1250. The molecule has 0 aliphatic carbocycles. The molecule has 0 amide bonds. The molecule has 0 bridgehead atoms. The molecule has 0 fully saturated rings. The zero-order valence-electron chi connectivity index (χ0n) is 17.3. The van der Waals surface area contributed by atoms with Gasteiger partial charge in [0, 0.05) is 5.38 Å². The summed E-state index contributed by atoms with van der Waals surface area (Å²) in [5.41, 5.74) is 2.50. The molecule has 0 saturated heterocycles. The van der Waals surface area contributed by atoms with Gasteiger partial charge < -0.3 is 4.74 Å². The summed E-state index contributed by atoms with van der Waals surface area (Å²) >= 11 is 1.46. The molecule has 2 aromatic heterocycles. The summed E-state index contributed by atoms with van der Waals surface area (Å²) in [4.78, 5) is 5.89. The lowest BCUT2D eigenvalue weighted by molar-refractivity contribution is 0.414. The van der Waals surface area contributed by atoms with E-state index in [9.17, 15) is 0 Å². The van der Waals surface area contributed by atoms with Crippen LogP contribution >= 0.6 is 11.3 Å². The predicted octanol–water partition coefficient (Wildman–Crippen LogP) is 4.52. The van der Waals surface area contributed by atoms with E-state index in [1.54, 1.807) is 25.3 Å². The SMILES string of the molecule is COc1ccc(Cn2nnc(-c3cccc(C#Cc4nc(C(C)C)cs4)c3F)n2)cc1. The van der Waals surface area contributed by atoms with E-state index in [0.29, 0.717) is 17.5 Å². The second kappa shape index (κ2) is 9.06. The number of tetrazole rings is 1. The van der Waals surface area contributed by atoms with E-state index in [0.717, 1.165) is 17.0 Å². The van der Waals surface area contributed by atoms with Gasteiger partial charge in [0.15, 0.2) is 5.01 Å². The molecule has 0 aliphatic rings. The number of rotatable bonds is 5. The Labute approximate surface area is 183 Å². The van der Waals surface area contributed by atoms with Gasteiger partial charge in [-0.25, -0.2) is 9.37 Å². The molecule has 0 saturated carbocycles. The molecule has 156 valence electrons. The molecule has 8 heteroatoms. The summed E-state index contributed by atoms with van der Waals surface area (Å²) in [6, 6.07) is 12.5. The number of hydrogen-bond acceptors (Lipinski definition) is 6. The highest BCUT2D eigenvalue weighted by Gasteiger charge is 2.14. The number of nitrogens with zero attached hydrogens (tertiary/aromatic N) is 5. The Morgan fingerprint density at radius 1 is 1.13 bits per heavy atom. The van der Waals surface area contributed by atoms with Gasteiger partial charge in [-0.05, 0) is 46.9 Å². The van der Waals surface area contributed by atoms with Crippen LogP contribution in [0.15, 0.2) is 47.8 Å². The van der Waals surface area contributed by atoms with Gasteiger partial charge in [-0.2, -0.15) is 4.80 Å². The lowest BCUT2D eigenvalue weighted by Gasteiger charge is -2.02. The second-order valence-electron chi connectivity index (χ2n) is 7.14. The number of aromatic nitrogens is 5. The van der Waals surface area contributed by atoms with Crippen molar-refractivity contribution in [3.05, 3.63) is 75.5 Å². The smallest absolute Gasteiger partial charge is 0.207 e. The molecule has 4 rings (SSSR count). The van der Waals surface area contributed by atoms with Crippen molar-refractivity contribution in [2.24, 2.45) is 0 Å². The Balaban J connectivity index is 1.55. The van der Waals surface area contributed by atoms with Crippen molar-refractivity contribution in [2.45, 2.75) is 26.3 Å². The van der Waals surface area contributed by atoms with Crippen LogP contribution in [0.3, 0.4) is 0 Å². The molecular weight excluding hydrogens is 413 g/mol. The van der Waals surface area contributed by atoms with Crippen molar-refractivity contribution in [3.8, 4) is 29.0 Å². The maximum Gasteiger partial charge on any atom is 0.207 e. The number of halogens is 1. The van der Waals surface area contributed by atoms with Crippen LogP contribution < -0.4 is 4.74 Å². The van der Waals surface area contributed by atoms with Crippen molar-refractivity contribution in [1.29, 1.82) is 0 Å². The van der Waals surface area contributed by atoms with Crippen LogP contribution in [0, 0.1) is 17.7 Å². The standard InChI is InChI=1S/C23H20FN5OS/c1-15(2)20-14-31-21(25-20)12-9-17-5-4-6-19(22(17)24)23-26-28-29(27-23)13-16-7-10-18(30-3)11-8-16/h4-8,10-11,14-15H,13H2,1-3H3. The number of thiazole rings is 1. The van der Waals surface area contributed by atoms with Gasteiger partial charge in [-0.15, -0.1) is 21.5 Å². The minimum Gasteiger partial charge on any atom is -0.497 e. The average Bonchev–Trinajstić information content (AvgIpc) is 3.43. The molecule has 0 spiro atoms. The van der Waals surface area contributed by atoms with Crippen LogP contribution in [0.25, 0.3) is 11.4 Å². The summed E-state index contributed by atoms with van der Waals surface area (Å²) in [6.45, 7) is 4.56. The fourth-order valence-electron chi connectivity index (χ4n) is 2.84. The highest BCUT2D eigenvalue weighted by atomic mass is 32.1. The summed E-state index contributed by atoms with van der Waals surface area (Å²) in [7, 11) is 1.62. The first-order chi connectivity index (χ1) is 15.0. The quantitative estimate of drug-likeness (QED) is 0.433. The Kier molecular flexibility index (Phi) is 6.05. The molecule has 31 heavy (non-hydrogen) atoms. The van der Waals surface area contributed by atoms with Gasteiger partial charge in [0.25, 0.3) is 0 Å². The zero-order valence-corrected chi connectivity index (χ0v) is 18.2. The summed E-state index contributed by atoms with van der Waals surface area (Å²) in [5, 5.41) is 15.0. The van der Waals surface area contributed by atoms with E-state index in [2.05, 4.69) is 46.1 Å². The first-order valence-electron chi connectivity index (χ1n) is 9.70. The maximum atomic E-state index is 15.1. The largest absolute Gasteiger partial charge is 0.497 e. The first-order valence-corrected chi connectivity index (χ1v) is 10.6. The molecule has 0 atom stereocenters. The Morgan fingerprint density at radius 3 is 2.65 bits per heavy atom. The van der Waals surface area contributed by atoms with Gasteiger partial charge >= 0.3 is 0 Å². The maximum absolute atomic E-state index is 15.1. The second-order valence-corrected chi connectivity index (χ2v) is 8.00. The van der Waals surface area contributed by atoms with Gasteiger partial charge in [-0.3, -0.25) is 0 Å². The van der Waals surface area contributed by atoms with Crippen LogP contribution in [0.5, 0.6) is 5.75 Å². The lowest BCUT2D eigenvalue weighted by Crippen LogP contribution is -2.04. The molecule has 0 N–H and O–H groups in total. The van der Waals surface area contributed by atoms with Gasteiger partial charge in [0.05, 0.1) is 30.5 Å². The fraction of sp³-hybridized carbons (Fsp3) is 0.217. The summed E-state index contributed by atoms with van der Waals surface area (Å²) < 4.78 is 20.2. The molecular formula is C23H20FN5OS. The van der Waals surface area contributed by atoms with Crippen molar-refractivity contribution in [1.82, 2.24) is 25.2 Å². The first kappa shape index (κ1) is 20.7. The Morgan fingerprint density at radius 2 is 1.94 bits per heavy atom. The van der Waals surface area contributed by atoms with Crippen LogP contribution in [-0.2, 0) is 6.54 Å². The lowest BCUT2D eigenvalue weighted by atomic mass is 10.1. The third-order valence-electron chi connectivity index (χ3n) is 4.59. The van der Waals surface area contributed by atoms with Crippen molar-refractivity contribution >= 4 is 11.3 Å². The van der Waals surface area contributed by atoms with Crippen LogP contribution in [0.2, 0.25) is 0 Å². The Hall–Kier alpha value is -3.57. The molecule has 2 heterocycles. The minimum atomic E-state index is -0.473. The average molecular weight is 434 g/mol. The fourth-order valence-corrected chi connectivity index (χ4v) is 3.67. The summed E-state index contributed by atoms with van der Waals surface area (Å²) in [5.74, 6) is 6.67. The number of ether oxygens (including phenoxy) is 1. The highest BCUT2D eigenvalue weighted by molar-refractivity contribution is 7.10. The van der Waals surface area contributed by atoms with Gasteiger partial charge in [0.2, 0.25) is 5.82 Å². The van der Waals surface area contributed by atoms with Crippen molar-refractivity contribution in [3.63, 3.8) is 0 Å². The van der Waals surface area contributed by atoms with E-state index in [1.165, 1.54) is 16.1 Å². The van der Waals surface area contributed by atoms with E-state index in [-0.39, 0.29) is 17.0 Å². The molecule has 6 nitrogen and oxygen atoms in total. The highest BCUT2D eigenvalue weighted by Crippen LogP contribution is 2.22. The third kappa shape index (κ3) is 4.78. The van der Waals surface area contributed by atoms with E-state index < -0.39 is 5.82 Å². The topological polar surface area (TPSA) is 65.7 Å². The number of benzene rings is 2. The normalized spacial score (nSPS) is 10.7. The van der Waals surface area contributed by atoms with E-state index in [1.807, 2.05) is 29.6 Å². The summed E-state index contributed by atoms with van der Waals surface area (Å²) in [6.07, 6.45) is 0. The van der Waals surface area contributed by atoms with Crippen molar-refractivity contribution < 1.29 is 9.13 Å². The molecule has 0 radical (unpaired) electrons. The monoisotopic (exact) mass is 433 g/mol. The van der Waals surface area contributed by atoms with E-state index in [4.69, 9.17) is 4.74 Å². The third-order valence-corrected chi connectivity index (χ3v) is 5.37. The molecule has 0 unspecified atom stereocenters. The molecule has 0 aliphatic heterocycles. The molecule has 2 aromatic carbocycles. The number of methoxy groups -OCH3 is 1. The van der Waals surface area contributed by atoms with Crippen molar-refractivity contribution in [2.75, 3.05) is 7.11 Å². The van der Waals surface area contributed by atoms with E-state index >= 15 is 4.39 Å². The van der Waals surface area contributed by atoms with Gasteiger partial charge in [-0.1, -0.05) is 38.0 Å². The zero-order chi connectivity index (χ0) is 21.8. The molecule has 4 aromatic rings. The predicted molar refractivity (Wildman–Crippen MR) is 117 cm³/mol. The van der Waals surface area contributed by atoms with Gasteiger partial charge in [0.1, 0.15) is 11.6 Å².